The molecule has 0 aliphatic carbocycles. The van der Waals surface area contributed by atoms with Gasteiger partial charge in [-0.25, -0.2) is 0 Å². The van der Waals surface area contributed by atoms with Gasteiger partial charge in [0, 0.05) is 6.42 Å². The quantitative estimate of drug-likeness (QED) is 0.209. The van der Waals surface area contributed by atoms with Gasteiger partial charge in [-0.05, 0) is 26.9 Å². The fraction of sp³-hybridized carbons (Fsp3) is 0.864. The van der Waals surface area contributed by atoms with Gasteiger partial charge in [-0.2, -0.15) is 0 Å². The van der Waals surface area contributed by atoms with Crippen LogP contribution in [0.2, 0.25) is 0 Å². The van der Waals surface area contributed by atoms with Gasteiger partial charge in [0.2, 0.25) is 0 Å². The van der Waals surface area contributed by atoms with E-state index in [1.165, 1.54) is 77.0 Å². The molecule has 0 bridgehead atoms. The summed E-state index contributed by atoms with van der Waals surface area (Å²) >= 11 is 0. The van der Waals surface area contributed by atoms with Gasteiger partial charge in [-0.15, -0.1) is 6.58 Å². The Labute approximate surface area is 152 Å². The number of unbranched alkanes of at least 4 members (excludes halogenated alkanes) is 12. The fourth-order valence-corrected chi connectivity index (χ4v) is 3.27. The molecule has 0 aromatic carbocycles. The number of rotatable bonds is 18. The first-order valence-corrected chi connectivity index (χ1v) is 10.4. The molecule has 24 heavy (non-hydrogen) atoms. The molecule has 0 amide bonds. The molecule has 0 aromatic rings. The third-order valence-electron chi connectivity index (χ3n) is 4.91. The van der Waals surface area contributed by atoms with Crippen LogP contribution in [-0.4, -0.2) is 30.8 Å². The number of Topliss-reactive ketones (excluding diaryl/α,β-unsaturated/α-hetero) is 1. The molecule has 2 heteroatoms. The molecule has 0 saturated heterocycles. The molecule has 0 heterocycles. The number of nitrogens with zero attached hydrogens (tertiary/aromatic N) is 1. The van der Waals surface area contributed by atoms with Crippen LogP contribution in [0.5, 0.6) is 0 Å². The van der Waals surface area contributed by atoms with Crippen LogP contribution in [0.3, 0.4) is 0 Å². The van der Waals surface area contributed by atoms with Gasteiger partial charge in [0.1, 0.15) is 5.78 Å². The van der Waals surface area contributed by atoms with Gasteiger partial charge in [0.15, 0.2) is 0 Å². The Bertz CT molecular complexity index is 298. The van der Waals surface area contributed by atoms with Crippen LogP contribution < -0.4 is 0 Å². The topological polar surface area (TPSA) is 20.3 Å². The second-order valence-electron chi connectivity index (χ2n) is 7.46. The number of hydrogen-bond acceptors (Lipinski definition) is 2. The zero-order chi connectivity index (χ0) is 18.0. The number of ketones is 1. The molecule has 0 radical (unpaired) electrons. The van der Waals surface area contributed by atoms with E-state index in [4.69, 9.17) is 0 Å². The second kappa shape index (κ2) is 17.2. The van der Waals surface area contributed by atoms with E-state index in [0.717, 1.165) is 19.3 Å². The van der Waals surface area contributed by atoms with Gasteiger partial charge < -0.3 is 0 Å². The van der Waals surface area contributed by atoms with Crippen molar-refractivity contribution in [1.29, 1.82) is 0 Å². The lowest BCUT2D eigenvalue weighted by molar-refractivity contribution is -0.123. The van der Waals surface area contributed by atoms with E-state index in [2.05, 4.69) is 13.5 Å². The average Bonchev–Trinajstić information content (AvgIpc) is 2.56. The molecule has 0 fully saturated rings. The number of carbonyl (C=O) groups excluding carboxylic acids is 1. The maximum atomic E-state index is 12.2. The molecule has 2 nitrogen and oxygen atoms in total. The molecule has 0 aliphatic heterocycles. The predicted molar refractivity (Wildman–Crippen MR) is 108 cm³/mol. The fourth-order valence-electron chi connectivity index (χ4n) is 3.27. The van der Waals surface area contributed by atoms with Crippen molar-refractivity contribution in [3.8, 4) is 0 Å². The Balaban J connectivity index is 3.38. The minimum absolute atomic E-state index is 0.0276. The van der Waals surface area contributed by atoms with Crippen molar-refractivity contribution >= 4 is 5.78 Å². The Hall–Kier alpha value is -0.630. The Morgan fingerprint density at radius 1 is 0.833 bits per heavy atom. The summed E-state index contributed by atoms with van der Waals surface area (Å²) in [7, 11) is 3.96. The number of hydrogen-bond donors (Lipinski definition) is 0. The smallest absolute Gasteiger partial charge is 0.150 e. The first-order valence-electron chi connectivity index (χ1n) is 10.4. The van der Waals surface area contributed by atoms with Crippen LogP contribution in [0.25, 0.3) is 0 Å². The molecular formula is C22H43NO. The number of likely N-dealkylation sites (N-methyl/N-ethyl adjacent to an activating group) is 1. The minimum Gasteiger partial charge on any atom is -0.300 e. The van der Waals surface area contributed by atoms with E-state index in [0.29, 0.717) is 5.78 Å². The van der Waals surface area contributed by atoms with Gasteiger partial charge in [0.05, 0.1) is 6.04 Å². The van der Waals surface area contributed by atoms with E-state index in [1.54, 1.807) is 0 Å². The largest absolute Gasteiger partial charge is 0.300 e. The SMILES string of the molecule is C=CCC(C(=O)CCCCCCCCCCCCCCC)N(C)C. The van der Waals surface area contributed by atoms with Crippen LogP contribution in [0.15, 0.2) is 12.7 Å². The molecule has 0 spiro atoms. The van der Waals surface area contributed by atoms with Crippen molar-refractivity contribution in [2.24, 2.45) is 0 Å². The second-order valence-corrected chi connectivity index (χ2v) is 7.46. The third-order valence-corrected chi connectivity index (χ3v) is 4.91. The van der Waals surface area contributed by atoms with Crippen LogP contribution in [-0.2, 0) is 4.79 Å². The molecule has 1 unspecified atom stereocenters. The van der Waals surface area contributed by atoms with Gasteiger partial charge >= 0.3 is 0 Å². The first-order chi connectivity index (χ1) is 11.6. The van der Waals surface area contributed by atoms with Crippen molar-refractivity contribution < 1.29 is 4.79 Å². The molecule has 142 valence electrons. The van der Waals surface area contributed by atoms with Crippen LogP contribution in [0.4, 0.5) is 0 Å². The summed E-state index contributed by atoms with van der Waals surface area (Å²) in [6.45, 7) is 6.03. The van der Waals surface area contributed by atoms with Crippen LogP contribution >= 0.6 is 0 Å². The molecule has 0 aromatic heterocycles. The van der Waals surface area contributed by atoms with Crippen molar-refractivity contribution in [1.82, 2.24) is 4.90 Å². The highest BCUT2D eigenvalue weighted by atomic mass is 16.1. The van der Waals surface area contributed by atoms with Crippen molar-refractivity contribution in [3.63, 3.8) is 0 Å². The molecule has 1 atom stereocenters. The summed E-state index contributed by atoms with van der Waals surface area (Å²) in [5, 5.41) is 0. The van der Waals surface area contributed by atoms with Crippen molar-refractivity contribution in [3.05, 3.63) is 12.7 Å². The zero-order valence-corrected chi connectivity index (χ0v) is 16.8. The van der Waals surface area contributed by atoms with Gasteiger partial charge in [-0.1, -0.05) is 90.0 Å². The molecular weight excluding hydrogens is 294 g/mol. The summed E-state index contributed by atoms with van der Waals surface area (Å²) in [5.74, 6) is 0.378. The minimum atomic E-state index is 0.0276. The Morgan fingerprint density at radius 2 is 1.25 bits per heavy atom. The predicted octanol–water partition coefficient (Wildman–Crippen LogP) is 6.54. The van der Waals surface area contributed by atoms with E-state index < -0.39 is 0 Å². The number of carbonyl (C=O) groups is 1. The average molecular weight is 338 g/mol. The van der Waals surface area contributed by atoms with Crippen molar-refractivity contribution in [2.45, 2.75) is 109 Å². The maximum Gasteiger partial charge on any atom is 0.150 e. The highest BCUT2D eigenvalue weighted by Crippen LogP contribution is 2.14. The van der Waals surface area contributed by atoms with E-state index in [1.807, 2.05) is 25.1 Å². The lowest BCUT2D eigenvalue weighted by Gasteiger charge is -2.21. The van der Waals surface area contributed by atoms with E-state index in [9.17, 15) is 4.79 Å². The summed E-state index contributed by atoms with van der Waals surface area (Å²) in [6.07, 6.45) is 20.9. The van der Waals surface area contributed by atoms with E-state index in [-0.39, 0.29) is 6.04 Å². The molecule has 0 aliphatic rings. The lowest BCUT2D eigenvalue weighted by atomic mass is 10.0. The van der Waals surface area contributed by atoms with Gasteiger partial charge in [0.25, 0.3) is 0 Å². The highest BCUT2D eigenvalue weighted by molar-refractivity contribution is 5.84. The zero-order valence-electron chi connectivity index (χ0n) is 16.8. The van der Waals surface area contributed by atoms with Crippen LogP contribution in [0, 0.1) is 0 Å². The summed E-state index contributed by atoms with van der Waals surface area (Å²) < 4.78 is 0. The van der Waals surface area contributed by atoms with Gasteiger partial charge in [-0.3, -0.25) is 9.69 Å². The molecule has 0 rings (SSSR count). The molecule has 0 N–H and O–H groups in total. The Kier molecular flexibility index (Phi) is 16.7. The van der Waals surface area contributed by atoms with E-state index >= 15 is 0 Å². The normalized spacial score (nSPS) is 12.5. The summed E-state index contributed by atoms with van der Waals surface area (Å²) in [4.78, 5) is 14.2. The Morgan fingerprint density at radius 3 is 1.62 bits per heavy atom. The summed E-state index contributed by atoms with van der Waals surface area (Å²) in [5.41, 5.74) is 0. The maximum absolute atomic E-state index is 12.2. The summed E-state index contributed by atoms with van der Waals surface area (Å²) in [6, 6.07) is 0.0276. The monoisotopic (exact) mass is 337 g/mol. The highest BCUT2D eigenvalue weighted by Gasteiger charge is 2.18. The standard InChI is InChI=1S/C22H43NO/c1-5-7-8-9-10-11-12-13-14-15-16-17-18-20-22(24)21(19-6-2)23(3)4/h6,21H,2,5,7-20H2,1,3-4H3. The van der Waals surface area contributed by atoms with Crippen molar-refractivity contribution in [2.75, 3.05) is 14.1 Å². The lowest BCUT2D eigenvalue weighted by Crippen LogP contribution is -2.35. The third kappa shape index (κ3) is 13.8. The van der Waals surface area contributed by atoms with Crippen LogP contribution in [0.1, 0.15) is 103 Å². The molecule has 0 saturated carbocycles. The first kappa shape index (κ1) is 23.4.